The Labute approximate surface area is 155 Å². The minimum atomic E-state index is -0.361. The lowest BCUT2D eigenvalue weighted by Crippen LogP contribution is -2.25. The maximum Gasteiger partial charge on any atom is 0.112 e. The van der Waals surface area contributed by atoms with E-state index in [1.165, 1.54) is 16.7 Å². The summed E-state index contributed by atoms with van der Waals surface area (Å²) >= 11 is 1.65. The van der Waals surface area contributed by atoms with Gasteiger partial charge in [0.05, 0.1) is 0 Å². The summed E-state index contributed by atoms with van der Waals surface area (Å²) in [7, 11) is 0. The third-order valence-corrected chi connectivity index (χ3v) is 5.77. The molecule has 3 aromatic carbocycles. The van der Waals surface area contributed by atoms with Crippen molar-refractivity contribution in [2.45, 2.75) is 25.0 Å². The highest BCUT2D eigenvalue weighted by Gasteiger charge is 2.37. The first-order chi connectivity index (χ1) is 12.3. The summed E-state index contributed by atoms with van der Waals surface area (Å²) in [5, 5.41) is 0. The van der Waals surface area contributed by atoms with Crippen LogP contribution in [0.15, 0.2) is 95.4 Å². The monoisotopic (exact) mass is 345 g/mol. The van der Waals surface area contributed by atoms with Gasteiger partial charge in [-0.2, -0.15) is 0 Å². The van der Waals surface area contributed by atoms with Crippen LogP contribution in [0.3, 0.4) is 0 Å². The zero-order valence-corrected chi connectivity index (χ0v) is 15.5. The number of nitrogens with zero attached hydrogens (tertiary/aromatic N) is 1. The zero-order valence-electron chi connectivity index (χ0n) is 14.7. The molecule has 0 radical (unpaired) electrons. The Balaban J connectivity index is 2.27. The highest BCUT2D eigenvalue weighted by atomic mass is 32.2. The first-order valence-corrected chi connectivity index (χ1v) is 9.43. The standard InChI is InChI=1S/C23H23NS/c1-3-19(2)24-25-23(20-13-7-4-8-14-20,21-15-9-5-10-16-21)22-17-11-6-12-18-22/h4-18H,3H2,1-2H3. The lowest BCUT2D eigenvalue weighted by Gasteiger charge is -2.33. The topological polar surface area (TPSA) is 12.4 Å². The largest absolute Gasteiger partial charge is 0.224 e. The smallest absolute Gasteiger partial charge is 0.112 e. The molecular weight excluding hydrogens is 322 g/mol. The molecule has 0 saturated carbocycles. The second-order valence-electron chi connectivity index (χ2n) is 6.05. The average Bonchev–Trinajstić information content (AvgIpc) is 2.71. The quantitative estimate of drug-likeness (QED) is 0.282. The summed E-state index contributed by atoms with van der Waals surface area (Å²) < 4.78 is 4.52. The molecule has 0 spiro atoms. The van der Waals surface area contributed by atoms with Crippen LogP contribution >= 0.6 is 11.9 Å². The van der Waals surface area contributed by atoms with E-state index in [1.807, 2.05) is 0 Å². The second kappa shape index (κ2) is 8.17. The third-order valence-electron chi connectivity index (χ3n) is 4.39. The molecule has 0 unspecified atom stereocenters. The molecule has 0 aromatic heterocycles. The van der Waals surface area contributed by atoms with Gasteiger partial charge < -0.3 is 0 Å². The molecule has 0 amide bonds. The van der Waals surface area contributed by atoms with Gasteiger partial charge in [-0.25, -0.2) is 4.40 Å². The highest BCUT2D eigenvalue weighted by Crippen LogP contribution is 2.49. The molecule has 0 aliphatic rings. The molecule has 2 heteroatoms. The predicted octanol–water partition coefficient (Wildman–Crippen LogP) is 6.50. The lowest BCUT2D eigenvalue weighted by molar-refractivity contribution is 0.896. The van der Waals surface area contributed by atoms with Crippen molar-refractivity contribution in [2.24, 2.45) is 4.40 Å². The van der Waals surface area contributed by atoms with Crippen molar-refractivity contribution in [1.29, 1.82) is 0 Å². The van der Waals surface area contributed by atoms with E-state index in [0.717, 1.165) is 12.1 Å². The van der Waals surface area contributed by atoms with Crippen molar-refractivity contribution in [2.75, 3.05) is 0 Å². The Bertz CT molecular complexity index is 714. The van der Waals surface area contributed by atoms with E-state index >= 15 is 0 Å². The minimum absolute atomic E-state index is 0.361. The number of benzene rings is 3. The summed E-state index contributed by atoms with van der Waals surface area (Å²) in [4.78, 5) is 0. The third kappa shape index (κ3) is 3.69. The Morgan fingerprint density at radius 3 is 1.40 bits per heavy atom. The van der Waals surface area contributed by atoms with Crippen molar-refractivity contribution in [3.63, 3.8) is 0 Å². The van der Waals surface area contributed by atoms with Crippen LogP contribution in [0.25, 0.3) is 0 Å². The molecule has 0 bridgehead atoms. The number of hydrogen-bond acceptors (Lipinski definition) is 2. The SMILES string of the molecule is CCC(C)=NSC(c1ccccc1)(c1ccccc1)c1ccccc1. The Hall–Kier alpha value is -2.32. The molecular formula is C23H23NS. The van der Waals surface area contributed by atoms with Crippen LogP contribution in [0.5, 0.6) is 0 Å². The second-order valence-corrected chi connectivity index (χ2v) is 7.03. The van der Waals surface area contributed by atoms with Gasteiger partial charge >= 0.3 is 0 Å². The van der Waals surface area contributed by atoms with E-state index in [-0.39, 0.29) is 4.75 Å². The maximum atomic E-state index is 4.88. The summed E-state index contributed by atoms with van der Waals surface area (Å²) in [5.41, 5.74) is 4.87. The molecule has 3 rings (SSSR count). The van der Waals surface area contributed by atoms with Gasteiger partial charge in [0.25, 0.3) is 0 Å². The minimum Gasteiger partial charge on any atom is -0.224 e. The Morgan fingerprint density at radius 2 is 1.08 bits per heavy atom. The van der Waals surface area contributed by atoms with Crippen LogP contribution in [0, 0.1) is 0 Å². The van der Waals surface area contributed by atoms with Crippen LogP contribution in [0.4, 0.5) is 0 Å². The van der Waals surface area contributed by atoms with E-state index in [1.54, 1.807) is 11.9 Å². The molecule has 25 heavy (non-hydrogen) atoms. The summed E-state index contributed by atoms with van der Waals surface area (Å²) in [6.07, 6.45) is 0.960. The van der Waals surface area contributed by atoms with Crippen molar-refractivity contribution in [1.82, 2.24) is 0 Å². The number of rotatable bonds is 6. The van der Waals surface area contributed by atoms with Crippen LogP contribution in [0.1, 0.15) is 37.0 Å². The molecule has 0 aliphatic heterocycles. The van der Waals surface area contributed by atoms with Gasteiger partial charge in [0.1, 0.15) is 4.75 Å². The highest BCUT2D eigenvalue weighted by molar-refractivity contribution is 7.99. The fourth-order valence-electron chi connectivity index (χ4n) is 2.89. The van der Waals surface area contributed by atoms with Crippen LogP contribution in [0.2, 0.25) is 0 Å². The van der Waals surface area contributed by atoms with Gasteiger partial charge in [-0.1, -0.05) is 97.9 Å². The van der Waals surface area contributed by atoms with Crippen LogP contribution in [-0.4, -0.2) is 5.71 Å². The van der Waals surface area contributed by atoms with Gasteiger partial charge in [-0.3, -0.25) is 0 Å². The van der Waals surface area contributed by atoms with E-state index in [2.05, 4.69) is 105 Å². The van der Waals surface area contributed by atoms with Crippen molar-refractivity contribution in [3.05, 3.63) is 108 Å². The molecule has 0 saturated heterocycles. The van der Waals surface area contributed by atoms with Crippen molar-refractivity contribution < 1.29 is 0 Å². The molecule has 0 aliphatic carbocycles. The summed E-state index contributed by atoms with van der Waals surface area (Å²) in [5.74, 6) is 0. The molecule has 3 aromatic rings. The normalized spacial score (nSPS) is 12.2. The Morgan fingerprint density at radius 1 is 0.720 bits per heavy atom. The summed E-state index contributed by atoms with van der Waals surface area (Å²) in [6.45, 7) is 4.24. The van der Waals surface area contributed by atoms with Gasteiger partial charge in [-0.15, -0.1) is 0 Å². The lowest BCUT2D eigenvalue weighted by atomic mass is 9.84. The van der Waals surface area contributed by atoms with E-state index in [0.29, 0.717) is 0 Å². The van der Waals surface area contributed by atoms with Crippen molar-refractivity contribution >= 4 is 17.7 Å². The van der Waals surface area contributed by atoms with E-state index in [4.69, 9.17) is 4.40 Å². The summed E-state index contributed by atoms with van der Waals surface area (Å²) in [6, 6.07) is 32.0. The first-order valence-electron chi connectivity index (χ1n) is 8.65. The van der Waals surface area contributed by atoms with Crippen LogP contribution in [-0.2, 0) is 4.75 Å². The number of hydrogen-bond donors (Lipinski definition) is 0. The fraction of sp³-hybridized carbons (Fsp3) is 0.174. The Kier molecular flexibility index (Phi) is 5.72. The van der Waals surface area contributed by atoms with Gasteiger partial charge in [-0.05, 0) is 42.0 Å². The molecule has 0 heterocycles. The van der Waals surface area contributed by atoms with Gasteiger partial charge in [0.15, 0.2) is 0 Å². The van der Waals surface area contributed by atoms with E-state index < -0.39 is 0 Å². The molecule has 1 nitrogen and oxygen atoms in total. The zero-order chi connectivity index (χ0) is 17.5. The molecule has 126 valence electrons. The molecule has 0 fully saturated rings. The first kappa shape index (κ1) is 17.5. The van der Waals surface area contributed by atoms with Crippen LogP contribution < -0.4 is 0 Å². The van der Waals surface area contributed by atoms with Crippen molar-refractivity contribution in [3.8, 4) is 0 Å². The molecule has 0 atom stereocenters. The van der Waals surface area contributed by atoms with Gasteiger partial charge in [0.2, 0.25) is 0 Å². The molecule has 0 N–H and O–H groups in total. The predicted molar refractivity (Wildman–Crippen MR) is 110 cm³/mol. The van der Waals surface area contributed by atoms with Gasteiger partial charge in [0, 0.05) is 5.71 Å². The average molecular weight is 346 g/mol. The van der Waals surface area contributed by atoms with E-state index in [9.17, 15) is 0 Å². The fourth-order valence-corrected chi connectivity index (χ4v) is 4.03. The maximum absolute atomic E-state index is 4.88.